The van der Waals surface area contributed by atoms with Gasteiger partial charge in [-0.05, 0) is 56.2 Å². The Morgan fingerprint density at radius 1 is 1.05 bits per heavy atom. The molecule has 0 radical (unpaired) electrons. The number of nitrogen functional groups attached to an aromatic ring is 1. The molecule has 0 amide bonds. The van der Waals surface area contributed by atoms with Crippen LogP contribution < -0.4 is 5.73 Å². The molecule has 0 unspecified atom stereocenters. The highest BCUT2D eigenvalue weighted by molar-refractivity contribution is 9.10. The van der Waals surface area contributed by atoms with Crippen molar-refractivity contribution in [3.63, 3.8) is 0 Å². The van der Waals surface area contributed by atoms with Gasteiger partial charge in [-0.3, -0.25) is 0 Å². The molecule has 5 nitrogen and oxygen atoms in total. The molecule has 21 heavy (non-hydrogen) atoms. The zero-order valence-corrected chi connectivity index (χ0v) is 14.0. The van der Waals surface area contributed by atoms with Crippen LogP contribution in [0.2, 0.25) is 0 Å². The standard InChI is InChI=1S/C14H11Br2N5/c15-11-4-2-1-3-10(11)8-21-14(18-19-20-21)9-5-6-12(16)13(17)7-9/h1-7H,8,17H2. The molecule has 7 heteroatoms. The SMILES string of the molecule is Nc1cc(-c2nnnn2Cc2ccccc2Br)ccc1Br. The molecular weight excluding hydrogens is 398 g/mol. The minimum atomic E-state index is 0.583. The van der Waals surface area contributed by atoms with Crippen LogP contribution in [0.5, 0.6) is 0 Å². The molecule has 2 aromatic carbocycles. The third-order valence-corrected chi connectivity index (χ3v) is 4.56. The van der Waals surface area contributed by atoms with Gasteiger partial charge in [0.25, 0.3) is 0 Å². The van der Waals surface area contributed by atoms with E-state index in [1.165, 1.54) is 0 Å². The van der Waals surface area contributed by atoms with Crippen LogP contribution in [0.4, 0.5) is 5.69 Å². The van der Waals surface area contributed by atoms with Crippen molar-refractivity contribution >= 4 is 37.5 Å². The van der Waals surface area contributed by atoms with Gasteiger partial charge in [0.1, 0.15) is 0 Å². The molecule has 106 valence electrons. The lowest BCUT2D eigenvalue weighted by molar-refractivity contribution is 0.652. The van der Waals surface area contributed by atoms with Crippen LogP contribution >= 0.6 is 31.9 Å². The summed E-state index contributed by atoms with van der Waals surface area (Å²) >= 11 is 6.92. The molecule has 0 fully saturated rings. The number of rotatable bonds is 3. The van der Waals surface area contributed by atoms with E-state index in [1.54, 1.807) is 4.68 Å². The fourth-order valence-corrected chi connectivity index (χ4v) is 2.65. The van der Waals surface area contributed by atoms with Crippen molar-refractivity contribution in [3.8, 4) is 11.4 Å². The summed E-state index contributed by atoms with van der Waals surface area (Å²) in [6.07, 6.45) is 0. The van der Waals surface area contributed by atoms with Crippen molar-refractivity contribution in [3.05, 3.63) is 57.0 Å². The van der Waals surface area contributed by atoms with Crippen molar-refractivity contribution in [1.82, 2.24) is 20.2 Å². The van der Waals surface area contributed by atoms with E-state index in [2.05, 4.69) is 47.4 Å². The van der Waals surface area contributed by atoms with Gasteiger partial charge < -0.3 is 5.73 Å². The predicted molar refractivity (Wildman–Crippen MR) is 88.6 cm³/mol. The molecule has 0 aliphatic rings. The molecule has 3 rings (SSSR count). The number of tetrazole rings is 1. The molecule has 0 aliphatic heterocycles. The van der Waals surface area contributed by atoms with Crippen molar-refractivity contribution < 1.29 is 0 Å². The highest BCUT2D eigenvalue weighted by Crippen LogP contribution is 2.26. The van der Waals surface area contributed by atoms with E-state index in [9.17, 15) is 0 Å². The average Bonchev–Trinajstić information content (AvgIpc) is 2.93. The van der Waals surface area contributed by atoms with Gasteiger partial charge in [-0.2, -0.15) is 0 Å². The lowest BCUT2D eigenvalue weighted by Crippen LogP contribution is -2.05. The number of anilines is 1. The van der Waals surface area contributed by atoms with Gasteiger partial charge in [0.2, 0.25) is 0 Å². The van der Waals surface area contributed by atoms with Crippen LogP contribution in [0.1, 0.15) is 5.56 Å². The summed E-state index contributed by atoms with van der Waals surface area (Å²) in [5.74, 6) is 0.685. The summed E-state index contributed by atoms with van der Waals surface area (Å²) in [5.41, 5.74) is 8.57. The van der Waals surface area contributed by atoms with Crippen LogP contribution in [0.15, 0.2) is 51.4 Å². The second-order valence-electron chi connectivity index (χ2n) is 4.49. The first-order chi connectivity index (χ1) is 10.1. The number of nitrogens with two attached hydrogens (primary N) is 1. The number of benzene rings is 2. The minimum Gasteiger partial charge on any atom is -0.398 e. The lowest BCUT2D eigenvalue weighted by atomic mass is 10.2. The van der Waals surface area contributed by atoms with Crippen LogP contribution in [-0.4, -0.2) is 20.2 Å². The van der Waals surface area contributed by atoms with Gasteiger partial charge in [-0.25, -0.2) is 4.68 Å². The monoisotopic (exact) mass is 407 g/mol. The molecule has 1 aromatic heterocycles. The molecule has 0 saturated heterocycles. The molecule has 0 bridgehead atoms. The van der Waals surface area contributed by atoms with Crippen LogP contribution in [0.3, 0.4) is 0 Å². The molecule has 0 aliphatic carbocycles. The maximum atomic E-state index is 5.92. The summed E-state index contributed by atoms with van der Waals surface area (Å²) in [6.45, 7) is 0.583. The first kappa shape index (κ1) is 14.2. The normalized spacial score (nSPS) is 10.8. The molecule has 1 heterocycles. The highest BCUT2D eigenvalue weighted by Gasteiger charge is 2.11. The zero-order valence-electron chi connectivity index (χ0n) is 10.9. The van der Waals surface area contributed by atoms with E-state index in [-0.39, 0.29) is 0 Å². The average molecular weight is 409 g/mol. The summed E-state index contributed by atoms with van der Waals surface area (Å²) in [6, 6.07) is 13.7. The van der Waals surface area contributed by atoms with Crippen molar-refractivity contribution in [2.24, 2.45) is 0 Å². The Balaban J connectivity index is 1.97. The quantitative estimate of drug-likeness (QED) is 0.673. The number of aromatic nitrogens is 4. The maximum Gasteiger partial charge on any atom is 0.182 e. The van der Waals surface area contributed by atoms with E-state index in [0.717, 1.165) is 20.1 Å². The minimum absolute atomic E-state index is 0.583. The molecule has 3 aromatic rings. The number of halogens is 2. The Labute approximate surface area is 138 Å². The first-order valence-electron chi connectivity index (χ1n) is 6.20. The molecule has 2 N–H and O–H groups in total. The maximum absolute atomic E-state index is 5.92. The Bertz CT molecular complexity index is 785. The van der Waals surface area contributed by atoms with Gasteiger partial charge >= 0.3 is 0 Å². The van der Waals surface area contributed by atoms with E-state index >= 15 is 0 Å². The van der Waals surface area contributed by atoms with Crippen molar-refractivity contribution in [2.45, 2.75) is 6.54 Å². The molecule has 0 atom stereocenters. The largest absolute Gasteiger partial charge is 0.398 e. The third-order valence-electron chi connectivity index (χ3n) is 3.06. The van der Waals surface area contributed by atoms with E-state index < -0.39 is 0 Å². The smallest absolute Gasteiger partial charge is 0.182 e. The van der Waals surface area contributed by atoms with Gasteiger partial charge in [0, 0.05) is 20.2 Å². The Morgan fingerprint density at radius 2 is 1.86 bits per heavy atom. The van der Waals surface area contributed by atoms with Crippen LogP contribution in [0, 0.1) is 0 Å². The van der Waals surface area contributed by atoms with Gasteiger partial charge in [-0.15, -0.1) is 5.10 Å². The number of hydrogen-bond acceptors (Lipinski definition) is 4. The van der Waals surface area contributed by atoms with E-state index in [1.807, 2.05) is 42.5 Å². The summed E-state index contributed by atoms with van der Waals surface area (Å²) in [7, 11) is 0. The van der Waals surface area contributed by atoms with Gasteiger partial charge in [-0.1, -0.05) is 34.1 Å². The predicted octanol–water partition coefficient (Wildman–Crippen LogP) is 3.50. The summed E-state index contributed by atoms with van der Waals surface area (Å²) in [4.78, 5) is 0. The number of hydrogen-bond donors (Lipinski definition) is 1. The summed E-state index contributed by atoms with van der Waals surface area (Å²) < 4.78 is 3.64. The second-order valence-corrected chi connectivity index (χ2v) is 6.20. The van der Waals surface area contributed by atoms with Crippen molar-refractivity contribution in [1.29, 1.82) is 0 Å². The Kier molecular flexibility index (Phi) is 4.03. The van der Waals surface area contributed by atoms with Crippen molar-refractivity contribution in [2.75, 3.05) is 5.73 Å². The molecular formula is C14H11Br2N5. The van der Waals surface area contributed by atoms with Gasteiger partial charge in [0.05, 0.1) is 6.54 Å². The molecule has 0 saturated carbocycles. The zero-order chi connectivity index (χ0) is 14.8. The number of nitrogens with zero attached hydrogens (tertiary/aromatic N) is 4. The van der Waals surface area contributed by atoms with Crippen LogP contribution in [-0.2, 0) is 6.54 Å². The topological polar surface area (TPSA) is 69.6 Å². The van der Waals surface area contributed by atoms with E-state index in [0.29, 0.717) is 18.1 Å². The Morgan fingerprint density at radius 3 is 2.62 bits per heavy atom. The van der Waals surface area contributed by atoms with Crippen LogP contribution in [0.25, 0.3) is 11.4 Å². The lowest BCUT2D eigenvalue weighted by Gasteiger charge is -2.07. The fraction of sp³-hybridized carbons (Fsp3) is 0.0714. The highest BCUT2D eigenvalue weighted by atomic mass is 79.9. The summed E-state index contributed by atoms with van der Waals surface area (Å²) in [5, 5.41) is 11.9. The molecule has 0 spiro atoms. The first-order valence-corrected chi connectivity index (χ1v) is 7.79. The third kappa shape index (κ3) is 2.98. The van der Waals surface area contributed by atoms with Gasteiger partial charge in [0.15, 0.2) is 5.82 Å². The Hall–Kier alpha value is -1.73. The fourth-order valence-electron chi connectivity index (χ4n) is 1.99. The van der Waals surface area contributed by atoms with E-state index in [4.69, 9.17) is 5.73 Å². The second kappa shape index (κ2) is 5.95.